The molecule has 4 aromatic rings. The van der Waals surface area contributed by atoms with Gasteiger partial charge in [0.2, 0.25) is 23.8 Å². The zero-order valence-corrected chi connectivity index (χ0v) is 16.7. The fraction of sp³-hybridized carbons (Fsp3) is 0.0435. The average molecular weight is 412 g/mol. The molecule has 0 aliphatic rings. The number of anilines is 6. The van der Waals surface area contributed by atoms with Crippen LogP contribution in [-0.4, -0.2) is 26.0 Å². The SMILES string of the molecule is CC(=O)N(c1nc(Nc2ccccc2)nc(Nc2ccccc2)n1)c1ccccc1O. The van der Waals surface area contributed by atoms with E-state index >= 15 is 0 Å². The van der Waals surface area contributed by atoms with Crippen LogP contribution in [0.4, 0.5) is 34.9 Å². The second kappa shape index (κ2) is 8.91. The molecule has 0 saturated carbocycles. The van der Waals surface area contributed by atoms with E-state index in [9.17, 15) is 9.90 Å². The van der Waals surface area contributed by atoms with Gasteiger partial charge in [-0.25, -0.2) is 4.90 Å². The molecule has 0 aliphatic heterocycles. The van der Waals surface area contributed by atoms with Crippen molar-refractivity contribution in [3.05, 3.63) is 84.9 Å². The van der Waals surface area contributed by atoms with Gasteiger partial charge in [0.05, 0.1) is 5.69 Å². The number of nitrogens with one attached hydrogen (secondary N) is 2. The number of aromatic hydroxyl groups is 1. The highest BCUT2D eigenvalue weighted by Gasteiger charge is 2.22. The molecular weight excluding hydrogens is 392 g/mol. The number of amides is 1. The number of nitrogens with zero attached hydrogens (tertiary/aromatic N) is 4. The Morgan fingerprint density at radius 1 is 0.742 bits per heavy atom. The summed E-state index contributed by atoms with van der Waals surface area (Å²) in [6, 6.07) is 25.4. The number of phenolic OH excluding ortho intramolecular Hbond substituents is 1. The summed E-state index contributed by atoms with van der Waals surface area (Å²) in [7, 11) is 0. The molecule has 0 saturated heterocycles. The van der Waals surface area contributed by atoms with Crippen LogP contribution in [-0.2, 0) is 4.79 Å². The Labute approximate surface area is 179 Å². The molecule has 0 radical (unpaired) electrons. The third kappa shape index (κ3) is 4.76. The van der Waals surface area contributed by atoms with Gasteiger partial charge in [-0.3, -0.25) is 4.79 Å². The summed E-state index contributed by atoms with van der Waals surface area (Å²) in [5, 5.41) is 16.6. The van der Waals surface area contributed by atoms with Crippen LogP contribution in [0, 0.1) is 0 Å². The summed E-state index contributed by atoms with van der Waals surface area (Å²) in [5.41, 5.74) is 1.84. The smallest absolute Gasteiger partial charge is 0.243 e. The summed E-state index contributed by atoms with van der Waals surface area (Å²) in [5.74, 6) is 0.144. The van der Waals surface area contributed by atoms with Gasteiger partial charge in [0.1, 0.15) is 5.75 Å². The molecule has 1 amide bonds. The summed E-state index contributed by atoms with van der Waals surface area (Å²) in [6.45, 7) is 1.38. The number of rotatable bonds is 6. The van der Waals surface area contributed by atoms with Gasteiger partial charge >= 0.3 is 0 Å². The molecule has 3 N–H and O–H groups in total. The van der Waals surface area contributed by atoms with E-state index in [1.54, 1.807) is 18.2 Å². The fourth-order valence-corrected chi connectivity index (χ4v) is 2.95. The fourth-order valence-electron chi connectivity index (χ4n) is 2.95. The van der Waals surface area contributed by atoms with Crippen LogP contribution in [0.15, 0.2) is 84.9 Å². The first-order chi connectivity index (χ1) is 15.1. The molecule has 3 aromatic carbocycles. The largest absolute Gasteiger partial charge is 0.506 e. The van der Waals surface area contributed by atoms with Gasteiger partial charge in [0.15, 0.2) is 0 Å². The zero-order valence-electron chi connectivity index (χ0n) is 16.7. The molecule has 1 heterocycles. The van der Waals surface area contributed by atoms with E-state index in [1.165, 1.54) is 17.9 Å². The van der Waals surface area contributed by atoms with E-state index in [2.05, 4.69) is 25.6 Å². The Bertz CT molecular complexity index is 1130. The molecular formula is C23H20N6O2. The third-order valence-corrected chi connectivity index (χ3v) is 4.32. The predicted molar refractivity (Wildman–Crippen MR) is 120 cm³/mol. The highest BCUT2D eigenvalue weighted by atomic mass is 16.3. The zero-order chi connectivity index (χ0) is 21.6. The molecule has 0 unspecified atom stereocenters. The van der Waals surface area contributed by atoms with Gasteiger partial charge < -0.3 is 15.7 Å². The van der Waals surface area contributed by atoms with Crippen LogP contribution in [0.5, 0.6) is 5.75 Å². The van der Waals surface area contributed by atoms with Crippen molar-refractivity contribution >= 4 is 40.8 Å². The Kier molecular flexibility index (Phi) is 5.70. The number of hydrogen-bond acceptors (Lipinski definition) is 7. The van der Waals surface area contributed by atoms with Crippen molar-refractivity contribution in [3.63, 3.8) is 0 Å². The second-order valence-electron chi connectivity index (χ2n) is 6.61. The Morgan fingerprint density at radius 3 is 1.71 bits per heavy atom. The van der Waals surface area contributed by atoms with Crippen LogP contribution < -0.4 is 15.5 Å². The van der Waals surface area contributed by atoms with Gasteiger partial charge in [-0.1, -0.05) is 48.5 Å². The maximum Gasteiger partial charge on any atom is 0.243 e. The number of carbonyl (C=O) groups excluding carboxylic acids is 1. The average Bonchev–Trinajstić information content (AvgIpc) is 2.76. The van der Waals surface area contributed by atoms with E-state index < -0.39 is 0 Å². The topological polar surface area (TPSA) is 103 Å². The highest BCUT2D eigenvalue weighted by Crippen LogP contribution is 2.32. The number of aromatic nitrogens is 3. The Hall–Kier alpha value is -4.46. The number of carbonyl (C=O) groups is 1. The first-order valence-corrected chi connectivity index (χ1v) is 9.59. The molecule has 0 spiro atoms. The summed E-state index contributed by atoms with van der Waals surface area (Å²) < 4.78 is 0. The lowest BCUT2D eigenvalue weighted by Crippen LogP contribution is -2.26. The molecule has 0 fully saturated rings. The Balaban J connectivity index is 1.79. The van der Waals surface area contributed by atoms with Gasteiger partial charge in [0.25, 0.3) is 0 Å². The monoisotopic (exact) mass is 412 g/mol. The lowest BCUT2D eigenvalue weighted by Gasteiger charge is -2.21. The molecule has 1 aromatic heterocycles. The molecule has 0 aliphatic carbocycles. The van der Waals surface area contributed by atoms with Crippen molar-refractivity contribution in [1.82, 2.24) is 15.0 Å². The van der Waals surface area contributed by atoms with E-state index in [0.717, 1.165) is 11.4 Å². The third-order valence-electron chi connectivity index (χ3n) is 4.32. The van der Waals surface area contributed by atoms with Crippen LogP contribution in [0.1, 0.15) is 6.92 Å². The van der Waals surface area contributed by atoms with Crippen molar-refractivity contribution in [2.75, 3.05) is 15.5 Å². The second-order valence-corrected chi connectivity index (χ2v) is 6.61. The molecule has 4 rings (SSSR count). The maximum absolute atomic E-state index is 12.5. The summed E-state index contributed by atoms with van der Waals surface area (Å²) in [4.78, 5) is 27.0. The van der Waals surface area contributed by atoms with Gasteiger partial charge in [0, 0.05) is 18.3 Å². The number of phenols is 1. The summed E-state index contributed by atoms with van der Waals surface area (Å²) in [6.07, 6.45) is 0. The predicted octanol–water partition coefficient (Wildman–Crippen LogP) is 4.75. The molecule has 154 valence electrons. The Morgan fingerprint density at radius 2 is 1.23 bits per heavy atom. The van der Waals surface area contributed by atoms with Gasteiger partial charge in [-0.05, 0) is 36.4 Å². The summed E-state index contributed by atoms with van der Waals surface area (Å²) >= 11 is 0. The van der Waals surface area contributed by atoms with Gasteiger partial charge in [-0.15, -0.1) is 0 Å². The minimum atomic E-state index is -0.357. The standard InChI is InChI=1S/C23H20N6O2/c1-16(30)29(19-14-8-9-15-20(19)31)23-27-21(24-17-10-4-2-5-11-17)26-22(28-23)25-18-12-6-3-7-13-18/h2-15,31H,1H3,(H2,24,25,26,27,28). The molecule has 0 atom stereocenters. The normalized spacial score (nSPS) is 10.4. The van der Waals surface area contributed by atoms with Crippen molar-refractivity contribution in [1.29, 1.82) is 0 Å². The van der Waals surface area contributed by atoms with Gasteiger partial charge in [-0.2, -0.15) is 15.0 Å². The number of benzene rings is 3. The van der Waals surface area contributed by atoms with Crippen molar-refractivity contribution < 1.29 is 9.90 Å². The van der Waals surface area contributed by atoms with Crippen LogP contribution >= 0.6 is 0 Å². The van der Waals surface area contributed by atoms with Crippen LogP contribution in [0.25, 0.3) is 0 Å². The van der Waals surface area contributed by atoms with Crippen LogP contribution in [0.2, 0.25) is 0 Å². The lowest BCUT2D eigenvalue weighted by atomic mass is 10.2. The molecule has 8 heteroatoms. The quantitative estimate of drug-likeness (QED) is 0.420. The van der Waals surface area contributed by atoms with Crippen LogP contribution in [0.3, 0.4) is 0 Å². The number of para-hydroxylation sites is 4. The van der Waals surface area contributed by atoms with E-state index in [4.69, 9.17) is 0 Å². The van der Waals surface area contributed by atoms with E-state index in [1.807, 2.05) is 60.7 Å². The number of hydrogen-bond donors (Lipinski definition) is 3. The molecule has 0 bridgehead atoms. The minimum absolute atomic E-state index is 0.0618. The molecule has 31 heavy (non-hydrogen) atoms. The van der Waals surface area contributed by atoms with E-state index in [0.29, 0.717) is 0 Å². The first-order valence-electron chi connectivity index (χ1n) is 9.59. The van der Waals surface area contributed by atoms with Crippen molar-refractivity contribution in [2.24, 2.45) is 0 Å². The van der Waals surface area contributed by atoms with Crippen molar-refractivity contribution in [3.8, 4) is 5.75 Å². The first kappa shape index (κ1) is 19.8. The van der Waals surface area contributed by atoms with E-state index in [-0.39, 0.29) is 35.2 Å². The lowest BCUT2D eigenvalue weighted by molar-refractivity contribution is -0.115. The highest BCUT2D eigenvalue weighted by molar-refractivity contribution is 5.98. The maximum atomic E-state index is 12.5. The van der Waals surface area contributed by atoms with Crippen molar-refractivity contribution in [2.45, 2.75) is 6.92 Å². The minimum Gasteiger partial charge on any atom is -0.506 e. The molecule has 8 nitrogen and oxygen atoms in total.